The van der Waals surface area contributed by atoms with E-state index in [4.69, 9.17) is 0 Å². The van der Waals surface area contributed by atoms with Crippen LogP contribution in [-0.2, 0) is 11.2 Å². The van der Waals surface area contributed by atoms with Crippen molar-refractivity contribution in [1.29, 1.82) is 0 Å². The van der Waals surface area contributed by atoms with Crippen LogP contribution in [0.25, 0.3) is 0 Å². The van der Waals surface area contributed by atoms with Gasteiger partial charge in [-0.05, 0) is 56.4 Å². The Morgan fingerprint density at radius 2 is 1.92 bits per heavy atom. The molecule has 1 fully saturated rings. The smallest absolute Gasteiger partial charge is 0.120 e. The maximum atomic E-state index is 10.3. The Labute approximate surface area is 157 Å². The molecule has 0 spiro atoms. The molecule has 4 atom stereocenters. The number of unbranched alkanes of at least 4 members (excludes halogenated alkanes) is 2. The van der Waals surface area contributed by atoms with Gasteiger partial charge in [-0.3, -0.25) is 0 Å². The number of benzene rings is 1. The predicted octanol–water partition coefficient (Wildman–Crippen LogP) is 4.24. The number of aliphatic hydroxyl groups excluding tert-OH is 2. The van der Waals surface area contributed by atoms with E-state index in [0.717, 1.165) is 44.8 Å². The molecule has 1 aliphatic rings. The van der Waals surface area contributed by atoms with Crippen LogP contribution in [0.5, 0.6) is 0 Å². The first kappa shape index (κ1) is 20.6. The summed E-state index contributed by atoms with van der Waals surface area (Å²) >= 11 is 0. The third kappa shape index (κ3) is 7.27. The molecule has 0 aromatic heterocycles. The van der Waals surface area contributed by atoms with Crippen LogP contribution in [0.3, 0.4) is 0 Å². The highest BCUT2D eigenvalue weighted by molar-refractivity contribution is 5.49. The third-order valence-electron chi connectivity index (χ3n) is 5.25. The van der Waals surface area contributed by atoms with Crippen molar-refractivity contribution in [3.05, 3.63) is 60.2 Å². The van der Waals surface area contributed by atoms with E-state index in [0.29, 0.717) is 18.8 Å². The molecule has 3 nitrogen and oxygen atoms in total. The van der Waals surface area contributed by atoms with Gasteiger partial charge < -0.3 is 15.0 Å². The van der Waals surface area contributed by atoms with Crippen molar-refractivity contribution in [3.63, 3.8) is 0 Å². The lowest BCUT2D eigenvalue weighted by Gasteiger charge is -2.18. The van der Waals surface area contributed by atoms with Crippen LogP contribution in [0.4, 0.5) is 0 Å². The van der Waals surface area contributed by atoms with Crippen molar-refractivity contribution < 1.29 is 15.0 Å². The van der Waals surface area contributed by atoms with Gasteiger partial charge >= 0.3 is 0 Å². The van der Waals surface area contributed by atoms with Gasteiger partial charge in [0.05, 0.1) is 12.2 Å². The molecular formula is C23H32O3. The minimum atomic E-state index is -0.470. The first-order chi connectivity index (χ1) is 12.7. The Kier molecular flexibility index (Phi) is 9.36. The van der Waals surface area contributed by atoms with E-state index < -0.39 is 6.10 Å². The lowest BCUT2D eigenvalue weighted by atomic mass is 9.90. The average molecular weight is 357 g/mol. The molecule has 1 aliphatic carbocycles. The highest BCUT2D eigenvalue weighted by Gasteiger charge is 2.32. The number of hydrogen-bond donors (Lipinski definition) is 2. The van der Waals surface area contributed by atoms with E-state index in [2.05, 4.69) is 24.3 Å². The number of aldehydes is 1. The summed E-state index contributed by atoms with van der Waals surface area (Å²) in [6.45, 7) is 0. The van der Waals surface area contributed by atoms with Crippen LogP contribution in [0.1, 0.15) is 50.5 Å². The summed E-state index contributed by atoms with van der Waals surface area (Å²) in [6, 6.07) is 10.2. The Bertz CT molecular complexity index is 564. The zero-order valence-corrected chi connectivity index (χ0v) is 15.5. The van der Waals surface area contributed by atoms with Crippen LogP contribution in [-0.4, -0.2) is 28.7 Å². The number of aryl methyl sites for hydroxylation is 1. The van der Waals surface area contributed by atoms with Crippen LogP contribution in [0, 0.1) is 11.8 Å². The second kappa shape index (κ2) is 11.8. The van der Waals surface area contributed by atoms with Crippen LogP contribution >= 0.6 is 0 Å². The monoisotopic (exact) mass is 356 g/mol. The number of allylic oxidation sites excluding steroid dienone is 2. The van der Waals surface area contributed by atoms with Gasteiger partial charge in [-0.25, -0.2) is 0 Å². The van der Waals surface area contributed by atoms with E-state index in [1.54, 1.807) is 0 Å². The standard InChI is InChI=1S/C23H32O3/c24-18-8-3-1-2-7-11-20-13-17-23(26)22(20)16-15-21(25)14-12-19-9-5-4-6-10-19/h2,4-7,9-10,15-16,18,20-23,25-26H,1,3,8,11-14,17H2/b7-2-,16-15+/t20-,21+,22+,23+/m0/s1. The number of aliphatic hydroxyl groups is 2. The fourth-order valence-electron chi connectivity index (χ4n) is 3.66. The van der Waals surface area contributed by atoms with Crippen molar-refractivity contribution in [3.8, 4) is 0 Å². The first-order valence-corrected chi connectivity index (χ1v) is 9.87. The summed E-state index contributed by atoms with van der Waals surface area (Å²) in [7, 11) is 0. The lowest BCUT2D eigenvalue weighted by Crippen LogP contribution is -2.17. The molecule has 1 aromatic carbocycles. The molecule has 0 bridgehead atoms. The van der Waals surface area contributed by atoms with Gasteiger partial charge in [-0.2, -0.15) is 0 Å². The highest BCUT2D eigenvalue weighted by atomic mass is 16.3. The maximum Gasteiger partial charge on any atom is 0.120 e. The van der Waals surface area contributed by atoms with Crippen molar-refractivity contribution in [2.45, 2.75) is 63.6 Å². The summed E-state index contributed by atoms with van der Waals surface area (Å²) < 4.78 is 0. The minimum Gasteiger partial charge on any atom is -0.393 e. The zero-order valence-electron chi connectivity index (χ0n) is 15.5. The fraction of sp³-hybridized carbons (Fsp3) is 0.522. The van der Waals surface area contributed by atoms with Crippen molar-refractivity contribution >= 4 is 6.29 Å². The van der Waals surface area contributed by atoms with Gasteiger partial charge in [-0.15, -0.1) is 0 Å². The molecule has 26 heavy (non-hydrogen) atoms. The molecule has 2 N–H and O–H groups in total. The minimum absolute atomic E-state index is 0.126. The van der Waals surface area contributed by atoms with Gasteiger partial charge in [0.15, 0.2) is 0 Å². The Hall–Kier alpha value is -1.71. The number of rotatable bonds is 11. The number of carbonyl (C=O) groups excluding carboxylic acids is 1. The SMILES string of the molecule is O=CCCC/C=C\C[C@H]1CC[C@@H](O)[C@@H]1/C=C/[C@H](O)CCc1ccccc1. The summed E-state index contributed by atoms with van der Waals surface area (Å²) in [5, 5.41) is 20.5. The number of hydrogen-bond acceptors (Lipinski definition) is 3. The molecule has 0 radical (unpaired) electrons. The zero-order chi connectivity index (χ0) is 18.6. The molecule has 1 saturated carbocycles. The van der Waals surface area contributed by atoms with Crippen LogP contribution in [0.15, 0.2) is 54.6 Å². The largest absolute Gasteiger partial charge is 0.393 e. The summed E-state index contributed by atoms with van der Waals surface area (Å²) in [6.07, 6.45) is 15.2. The second-order valence-corrected chi connectivity index (χ2v) is 7.26. The predicted molar refractivity (Wildman–Crippen MR) is 106 cm³/mol. The van der Waals surface area contributed by atoms with E-state index in [-0.39, 0.29) is 12.0 Å². The third-order valence-corrected chi connectivity index (χ3v) is 5.25. The Morgan fingerprint density at radius 1 is 1.12 bits per heavy atom. The molecular weight excluding hydrogens is 324 g/mol. The van der Waals surface area contributed by atoms with Gasteiger partial charge in [0.25, 0.3) is 0 Å². The van der Waals surface area contributed by atoms with Gasteiger partial charge in [0.1, 0.15) is 6.29 Å². The number of carbonyl (C=O) groups is 1. The molecule has 1 aromatic rings. The van der Waals surface area contributed by atoms with Gasteiger partial charge in [-0.1, -0.05) is 54.6 Å². The van der Waals surface area contributed by atoms with Crippen molar-refractivity contribution in [2.75, 3.05) is 0 Å². The van der Waals surface area contributed by atoms with Gasteiger partial charge in [0.2, 0.25) is 0 Å². The molecule has 142 valence electrons. The average Bonchev–Trinajstić information content (AvgIpc) is 3.01. The van der Waals surface area contributed by atoms with E-state index in [1.165, 1.54) is 5.56 Å². The normalized spacial score (nSPS) is 24.5. The van der Waals surface area contributed by atoms with Crippen LogP contribution in [0.2, 0.25) is 0 Å². The topological polar surface area (TPSA) is 57.5 Å². The second-order valence-electron chi connectivity index (χ2n) is 7.26. The van der Waals surface area contributed by atoms with Crippen molar-refractivity contribution in [1.82, 2.24) is 0 Å². The Morgan fingerprint density at radius 3 is 2.69 bits per heavy atom. The van der Waals surface area contributed by atoms with Gasteiger partial charge in [0, 0.05) is 12.3 Å². The lowest BCUT2D eigenvalue weighted by molar-refractivity contribution is -0.107. The van der Waals surface area contributed by atoms with Crippen molar-refractivity contribution in [2.24, 2.45) is 11.8 Å². The maximum absolute atomic E-state index is 10.3. The van der Waals surface area contributed by atoms with E-state index >= 15 is 0 Å². The fourth-order valence-corrected chi connectivity index (χ4v) is 3.66. The summed E-state index contributed by atoms with van der Waals surface area (Å²) in [5.41, 5.74) is 1.23. The van der Waals surface area contributed by atoms with Crippen LogP contribution < -0.4 is 0 Å². The summed E-state index contributed by atoms with van der Waals surface area (Å²) in [4.78, 5) is 10.3. The molecule has 2 rings (SSSR count). The van der Waals surface area contributed by atoms with E-state index in [9.17, 15) is 15.0 Å². The molecule has 3 heteroatoms. The molecule has 0 amide bonds. The molecule has 0 heterocycles. The van der Waals surface area contributed by atoms with E-state index in [1.807, 2.05) is 30.4 Å². The Balaban J connectivity index is 1.76. The first-order valence-electron chi connectivity index (χ1n) is 9.87. The molecule has 0 aliphatic heterocycles. The quantitative estimate of drug-likeness (QED) is 0.354. The highest BCUT2D eigenvalue weighted by Crippen LogP contribution is 2.36. The molecule has 0 unspecified atom stereocenters. The molecule has 0 saturated heterocycles. The summed E-state index contributed by atoms with van der Waals surface area (Å²) in [5.74, 6) is 0.561.